The number of nitrogens with one attached hydrogen (secondary N) is 5. The number of piperidine rings is 5. The molecular weight excluding hydrogens is 1240 g/mol. The number of carbonyl (C=O) groups excluding carboxylic acids is 5. The van der Waals surface area contributed by atoms with Crippen molar-refractivity contribution in [3.05, 3.63) is 0 Å². The number of likely N-dealkylation sites (tertiary alicyclic amines) is 5. The first-order chi connectivity index (χ1) is 44.8. The van der Waals surface area contributed by atoms with Crippen LogP contribution in [0.1, 0.15) is 202 Å². The number of aliphatic hydroxyl groups excluding tert-OH is 3. The Bertz CT molecular complexity index is 2120. The van der Waals surface area contributed by atoms with Gasteiger partial charge in [-0.25, -0.2) is 0 Å². The number of aliphatic hydroxyl groups is 3. The molecule has 0 aromatic heterocycles. The van der Waals surface area contributed by atoms with Gasteiger partial charge in [0.25, 0.3) is 0 Å². The Labute approximate surface area is 578 Å². The third kappa shape index (κ3) is 35.8. The summed E-state index contributed by atoms with van der Waals surface area (Å²) in [5, 5.41) is 44.4. The largest absolute Gasteiger partial charge is 0.394 e. The Kier molecular flexibility index (Phi) is 41.4. The number of amides is 5. The Morgan fingerprint density at radius 2 is 0.906 bits per heavy atom. The Morgan fingerprint density at radius 3 is 1.28 bits per heavy atom. The van der Waals surface area contributed by atoms with Crippen LogP contribution in [0.2, 0.25) is 0 Å². The van der Waals surface area contributed by atoms with Crippen LogP contribution in [0.15, 0.2) is 0 Å². The van der Waals surface area contributed by atoms with Gasteiger partial charge in [0.05, 0.1) is 74.8 Å². The number of β-amino-alcohol motifs (C(OH)–C–C–N with tert-alkyl or cyclic N) is 2. The highest BCUT2D eigenvalue weighted by Gasteiger charge is 2.39. The average Bonchev–Trinajstić information content (AvgIpc) is 1.22. The summed E-state index contributed by atoms with van der Waals surface area (Å²) in [6, 6.07) is 2.07. The number of rotatable bonds is 25. The van der Waals surface area contributed by atoms with E-state index in [1.165, 1.54) is 0 Å². The molecule has 10 N–H and O–H groups in total. The minimum Gasteiger partial charge on any atom is -0.394 e. The molecule has 96 heavy (non-hydrogen) atoms. The molecule has 5 amide bonds. The lowest BCUT2D eigenvalue weighted by molar-refractivity contribution is -0.145. The second kappa shape index (κ2) is 44.8. The molecule has 25 heteroatoms. The van der Waals surface area contributed by atoms with Crippen molar-refractivity contribution in [1.82, 2.24) is 56.0 Å². The fourth-order valence-electron chi connectivity index (χ4n) is 12.6. The number of hydrogen-bond donors (Lipinski definition) is 9. The molecule has 6 fully saturated rings. The van der Waals surface area contributed by atoms with Gasteiger partial charge in [0.15, 0.2) is 0 Å². The minimum absolute atomic E-state index is 0.00773. The van der Waals surface area contributed by atoms with E-state index in [-0.39, 0.29) is 59.8 Å². The topological polar surface area (TPSA) is 270 Å². The average molecular weight is 1380 g/mol. The van der Waals surface area contributed by atoms with Gasteiger partial charge in [-0.3, -0.25) is 43.6 Å². The second-order valence-electron chi connectivity index (χ2n) is 31.0. The zero-order valence-corrected chi connectivity index (χ0v) is 63.0. The Morgan fingerprint density at radius 1 is 0.521 bits per heavy atom. The van der Waals surface area contributed by atoms with Gasteiger partial charge in [-0.2, -0.15) is 13.2 Å². The van der Waals surface area contributed by atoms with Gasteiger partial charge in [0.1, 0.15) is 0 Å². The normalized spacial score (nSPS) is 24.1. The van der Waals surface area contributed by atoms with E-state index in [9.17, 15) is 52.5 Å². The third-order valence-corrected chi connectivity index (χ3v) is 19.2. The summed E-state index contributed by atoms with van der Waals surface area (Å²) in [5.41, 5.74) is 5.53. The van der Waals surface area contributed by atoms with Crippen LogP contribution >= 0.6 is 0 Å². The number of ether oxygens (including phenoxy) is 2. The lowest BCUT2D eigenvalue weighted by Crippen LogP contribution is -2.59. The molecule has 6 rings (SSSR count). The maximum atomic E-state index is 12.3. The minimum atomic E-state index is -4.32. The molecule has 6 unspecified atom stereocenters. The smallest absolute Gasteiger partial charge is 0.389 e. The van der Waals surface area contributed by atoms with E-state index in [0.717, 1.165) is 124 Å². The maximum absolute atomic E-state index is 12.3. The molecule has 0 spiro atoms. The van der Waals surface area contributed by atoms with Gasteiger partial charge >= 0.3 is 6.18 Å². The molecule has 0 bridgehead atoms. The van der Waals surface area contributed by atoms with Crippen molar-refractivity contribution in [3.63, 3.8) is 0 Å². The molecule has 6 saturated heterocycles. The summed E-state index contributed by atoms with van der Waals surface area (Å²) >= 11 is 0. The predicted molar refractivity (Wildman–Crippen MR) is 377 cm³/mol. The quantitative estimate of drug-likeness (QED) is 0.0476. The summed E-state index contributed by atoms with van der Waals surface area (Å²) < 4.78 is 47.3. The molecule has 22 nitrogen and oxygen atoms in total. The number of halogens is 3. The standard InChI is InChI=1S/C19H37N3O3.C14H28N2O2.C13H27N3O.C13H26N2O2.C12H21F3N2O2/c1-16(2)18(23)20-19(5-7-22(8-6-19)17(3)4)15-25-14-11-21-9-12-24-13-10-21;1-11(2)9-13(18)15-14(10-17)5-7-16(8-6-14)12(3)4;1-9(2)7-13(17)15-12-5-6-16(10(3)4)8-11(12)14;1-9(2)7-13(17)14-11-5-6-15(10(3)4)8-12(11)16;1-8(2)17-6-4-9(10(18)7-17)16-11(19)3-5-12(13,14)15/h16-17H,5-15H2,1-4H3,(H,20,23);11-12,17H,5-10H2,1-4H3,(H,15,18);9-12H,5-8,14H2,1-4H3,(H,15,17);9-12,16H,5-8H2,1-4H3,(H,14,17);8-10,18H,3-7H2,1-2H3,(H,16,19). The van der Waals surface area contributed by atoms with Gasteiger partial charge < -0.3 is 66.9 Å². The molecule has 6 aliphatic rings. The summed E-state index contributed by atoms with van der Waals surface area (Å²) in [4.78, 5) is 72.8. The van der Waals surface area contributed by atoms with Crippen molar-refractivity contribution in [2.75, 3.05) is 118 Å². The Hall–Kier alpha value is -3.34. The number of hydrogen-bond acceptors (Lipinski definition) is 17. The lowest BCUT2D eigenvalue weighted by Gasteiger charge is -2.44. The lowest BCUT2D eigenvalue weighted by atomic mass is 9.87. The molecule has 0 aliphatic carbocycles. The first kappa shape index (κ1) is 88.7. The van der Waals surface area contributed by atoms with Crippen molar-refractivity contribution in [3.8, 4) is 0 Å². The van der Waals surface area contributed by atoms with Gasteiger partial charge in [-0.1, -0.05) is 55.4 Å². The molecule has 6 heterocycles. The van der Waals surface area contributed by atoms with Crippen LogP contribution in [0.5, 0.6) is 0 Å². The number of carbonyl (C=O) groups is 5. The predicted octanol–water partition coefficient (Wildman–Crippen LogP) is 5.97. The Balaban J connectivity index is 0.000000412. The fraction of sp³-hybridized carbons (Fsp3) is 0.930. The van der Waals surface area contributed by atoms with E-state index in [4.69, 9.17) is 15.2 Å². The van der Waals surface area contributed by atoms with Crippen LogP contribution in [0, 0.1) is 23.7 Å². The summed E-state index contributed by atoms with van der Waals surface area (Å²) in [6.45, 7) is 52.1. The number of alkyl halides is 3. The van der Waals surface area contributed by atoms with E-state index >= 15 is 0 Å². The summed E-state index contributed by atoms with van der Waals surface area (Å²) in [7, 11) is 0. The number of morpholine rings is 1. The van der Waals surface area contributed by atoms with Crippen LogP contribution in [0.25, 0.3) is 0 Å². The molecule has 0 saturated carbocycles. The van der Waals surface area contributed by atoms with Crippen molar-refractivity contribution in [1.29, 1.82) is 0 Å². The highest BCUT2D eigenvalue weighted by atomic mass is 19.4. The SMILES string of the molecule is CC(C)C(=O)NC1(COCCN2CCOCC2)CCN(C(C)C)CC1.CC(C)CC(=O)NC1(CO)CCN(C(C)C)CC1.CC(C)CC(=O)NC1CCN(C(C)C)CC1N.CC(C)CC(=O)NC1CCN(C(C)C)CC1O.CC(C)N1CCC(NC(=O)CCC(F)(F)F)C(O)C1. The second-order valence-corrected chi connectivity index (χ2v) is 31.0. The van der Waals surface area contributed by atoms with Crippen molar-refractivity contribution in [2.24, 2.45) is 29.4 Å². The summed E-state index contributed by atoms with van der Waals surface area (Å²) in [6.07, 6.45) is 0.414. The van der Waals surface area contributed by atoms with Gasteiger partial charge in [-0.05, 0) is 132 Å². The van der Waals surface area contributed by atoms with E-state index in [1.807, 2.05) is 55.4 Å². The van der Waals surface area contributed by atoms with Crippen molar-refractivity contribution >= 4 is 29.5 Å². The fourth-order valence-corrected chi connectivity index (χ4v) is 12.6. The molecule has 564 valence electrons. The van der Waals surface area contributed by atoms with Crippen LogP contribution in [0.4, 0.5) is 13.2 Å². The maximum Gasteiger partial charge on any atom is 0.389 e. The monoisotopic (exact) mass is 1380 g/mol. The zero-order chi connectivity index (χ0) is 72.7. The van der Waals surface area contributed by atoms with Crippen LogP contribution in [-0.2, 0) is 33.4 Å². The van der Waals surface area contributed by atoms with E-state index < -0.39 is 48.7 Å². The molecule has 0 radical (unpaired) electrons. The molecule has 6 aliphatic heterocycles. The van der Waals surface area contributed by atoms with E-state index in [1.54, 1.807) is 0 Å². The first-order valence-electron chi connectivity index (χ1n) is 36.7. The molecule has 0 aromatic carbocycles. The zero-order valence-electron chi connectivity index (χ0n) is 63.0. The van der Waals surface area contributed by atoms with Crippen molar-refractivity contribution in [2.45, 2.75) is 286 Å². The van der Waals surface area contributed by atoms with E-state index in [2.05, 4.69) is 125 Å². The number of nitrogens with two attached hydrogens (primary N) is 1. The van der Waals surface area contributed by atoms with Crippen LogP contribution < -0.4 is 32.3 Å². The van der Waals surface area contributed by atoms with Gasteiger partial charge in [0, 0.05) is 159 Å². The van der Waals surface area contributed by atoms with E-state index in [0.29, 0.717) is 99.9 Å². The first-order valence-corrected chi connectivity index (χ1v) is 36.7. The highest BCUT2D eigenvalue weighted by Crippen LogP contribution is 2.27. The molecule has 0 aromatic rings. The van der Waals surface area contributed by atoms with Gasteiger partial charge in [-0.15, -0.1) is 0 Å². The molecule has 6 atom stereocenters. The third-order valence-electron chi connectivity index (χ3n) is 19.2. The van der Waals surface area contributed by atoms with Crippen LogP contribution in [0.3, 0.4) is 0 Å². The highest BCUT2D eigenvalue weighted by molar-refractivity contribution is 5.79. The number of nitrogens with zero attached hydrogens (tertiary/aromatic N) is 6. The van der Waals surface area contributed by atoms with Gasteiger partial charge in [0.2, 0.25) is 29.5 Å². The summed E-state index contributed by atoms with van der Waals surface area (Å²) in [5.74, 6) is 0.876. The molecular formula is C71H139F3N12O10. The van der Waals surface area contributed by atoms with Crippen LogP contribution in [-0.4, -0.2) is 276 Å². The van der Waals surface area contributed by atoms with Crippen molar-refractivity contribution < 1.29 is 61.9 Å².